The molecule has 12 nitrogen and oxygen atoms in total. The molecule has 1 rings (SSSR count). The summed E-state index contributed by atoms with van der Waals surface area (Å²) in [6, 6.07) is 0. The van der Waals surface area contributed by atoms with Crippen LogP contribution in [0, 0.1) is 0 Å². The average molecular weight is 402 g/mol. The molecule has 4 unspecified atom stereocenters. The molecular weight excluding hydrogens is 384 g/mol. The van der Waals surface area contributed by atoms with Crippen molar-refractivity contribution in [2.45, 2.75) is 26.7 Å². The van der Waals surface area contributed by atoms with Crippen LogP contribution in [-0.2, 0) is 26.9 Å². The average Bonchev–Trinajstić information content (AvgIpc) is 2.28. The molecule has 4 N–H and O–H groups in total. The summed E-state index contributed by atoms with van der Waals surface area (Å²) in [7, 11) is -20.9. The van der Waals surface area contributed by atoms with Crippen LogP contribution in [-0.4, -0.2) is 41.5 Å². The minimum absolute atomic E-state index is 0.0615. The molecule has 0 aromatic carbocycles. The van der Waals surface area contributed by atoms with Crippen molar-refractivity contribution in [1.82, 2.24) is 8.88 Å². The smallest absolute Gasteiger partial charge is 0.312 e. The topological polar surface area (TPSA) is 174 Å². The van der Waals surface area contributed by atoms with E-state index in [4.69, 9.17) is 0 Å². The van der Waals surface area contributed by atoms with Crippen molar-refractivity contribution < 1.29 is 46.5 Å². The minimum Gasteiger partial charge on any atom is -0.312 e. The van der Waals surface area contributed by atoms with Crippen LogP contribution < -0.4 is 0 Å². The normalized spacial score (nSPS) is 45.4. The molecule has 22 heavy (non-hydrogen) atoms. The molecule has 1 heterocycles. The highest BCUT2D eigenvalue weighted by atomic mass is 31.3. The molecule has 0 spiro atoms. The van der Waals surface area contributed by atoms with Crippen LogP contribution in [0.15, 0.2) is 0 Å². The van der Waals surface area contributed by atoms with Crippen LogP contribution in [0.2, 0.25) is 0 Å². The molecule has 0 aromatic rings. The maximum absolute atomic E-state index is 12.0. The predicted octanol–water partition coefficient (Wildman–Crippen LogP) is 1.86. The highest BCUT2D eigenvalue weighted by Gasteiger charge is 2.59. The summed E-state index contributed by atoms with van der Waals surface area (Å²) in [4.78, 5) is 38.9. The predicted molar refractivity (Wildman–Crippen MR) is 75.5 cm³/mol. The van der Waals surface area contributed by atoms with Gasteiger partial charge in [-0.05, 0) is 12.8 Å². The van der Waals surface area contributed by atoms with Crippen molar-refractivity contribution in [3.63, 3.8) is 0 Å². The number of nitrogens with zero attached hydrogens (tertiary/aromatic N) is 2. The first-order valence-corrected chi connectivity index (χ1v) is 12.2. The Hall–Kier alpha value is 0.600. The zero-order valence-corrected chi connectivity index (χ0v) is 15.3. The third kappa shape index (κ3) is 4.36. The van der Waals surface area contributed by atoms with Crippen LogP contribution >= 0.6 is 31.0 Å². The lowest BCUT2D eigenvalue weighted by Crippen LogP contribution is -2.28. The Balaban J connectivity index is 3.47. The van der Waals surface area contributed by atoms with Gasteiger partial charge in [-0.15, -0.1) is 8.88 Å². The van der Waals surface area contributed by atoms with Gasteiger partial charge in [0.05, 0.1) is 0 Å². The molecule has 0 aromatic heterocycles. The molecule has 1 fully saturated rings. The van der Waals surface area contributed by atoms with Gasteiger partial charge in [0.2, 0.25) is 0 Å². The summed E-state index contributed by atoms with van der Waals surface area (Å²) >= 11 is 0. The fourth-order valence-corrected chi connectivity index (χ4v) is 10.5. The molecule has 0 radical (unpaired) electrons. The quantitative estimate of drug-likeness (QED) is 0.503. The second-order valence-corrected chi connectivity index (χ2v) is 12.1. The zero-order valence-electron chi connectivity index (χ0n) is 11.8. The first-order valence-electron chi connectivity index (χ1n) is 6.11. The third-order valence-corrected chi connectivity index (χ3v) is 11.7. The molecule has 1 aliphatic rings. The van der Waals surface area contributed by atoms with E-state index in [1.165, 1.54) is 13.8 Å². The second kappa shape index (κ2) is 6.84. The summed E-state index contributed by atoms with van der Waals surface area (Å²) in [6.45, 7) is 1.85. The van der Waals surface area contributed by atoms with Gasteiger partial charge in [-0.3, -0.25) is 0 Å². The molecule has 0 amide bonds. The molecular formula is C6H18N2O10P4. The van der Waals surface area contributed by atoms with Crippen molar-refractivity contribution in [2.24, 2.45) is 0 Å². The van der Waals surface area contributed by atoms with E-state index in [1.807, 2.05) is 0 Å². The van der Waals surface area contributed by atoms with Gasteiger partial charge in [0, 0.05) is 13.1 Å². The Morgan fingerprint density at radius 3 is 1.09 bits per heavy atom. The molecule has 1 saturated heterocycles. The molecule has 1 aliphatic heterocycles. The van der Waals surface area contributed by atoms with Gasteiger partial charge in [0.15, 0.2) is 0 Å². The van der Waals surface area contributed by atoms with Gasteiger partial charge in [0.1, 0.15) is 0 Å². The van der Waals surface area contributed by atoms with E-state index in [0.717, 1.165) is 0 Å². The lowest BCUT2D eigenvalue weighted by Gasteiger charge is -2.37. The summed E-state index contributed by atoms with van der Waals surface area (Å²) in [5.74, 6) is 0. The van der Waals surface area contributed by atoms with Crippen molar-refractivity contribution >= 4 is 31.0 Å². The Morgan fingerprint density at radius 2 is 0.909 bits per heavy atom. The van der Waals surface area contributed by atoms with E-state index in [0.29, 0.717) is 0 Å². The Bertz CT molecular complexity index is 512. The SMILES string of the molecule is CCCN1P(=O)(O)OP(=O)(O)N(CCC)P(=O)(O)OP1(=O)O. The highest BCUT2D eigenvalue weighted by molar-refractivity contribution is 7.79. The molecule has 0 bridgehead atoms. The van der Waals surface area contributed by atoms with E-state index in [-0.39, 0.29) is 21.7 Å². The number of rotatable bonds is 4. The fraction of sp³-hybridized carbons (Fsp3) is 1.00. The molecule has 16 heteroatoms. The first-order chi connectivity index (χ1) is 9.80. The third-order valence-electron chi connectivity index (χ3n) is 2.44. The number of hydrogen-bond acceptors (Lipinski definition) is 6. The van der Waals surface area contributed by atoms with E-state index in [1.54, 1.807) is 0 Å². The van der Waals surface area contributed by atoms with Crippen LogP contribution in [0.3, 0.4) is 0 Å². The first kappa shape index (κ1) is 20.6. The molecule has 0 saturated carbocycles. The van der Waals surface area contributed by atoms with Crippen LogP contribution in [0.5, 0.6) is 0 Å². The van der Waals surface area contributed by atoms with Gasteiger partial charge in [-0.25, -0.2) is 26.9 Å². The molecule has 0 aliphatic carbocycles. The van der Waals surface area contributed by atoms with Gasteiger partial charge >= 0.3 is 31.0 Å². The van der Waals surface area contributed by atoms with Crippen molar-refractivity contribution in [2.75, 3.05) is 13.1 Å². The van der Waals surface area contributed by atoms with Gasteiger partial charge in [-0.1, -0.05) is 13.8 Å². The summed E-state index contributed by atoms with van der Waals surface area (Å²) in [5.41, 5.74) is 0. The standard InChI is InChI=1S/C6H18N2O10P4/c1-3-5-7-19(9,10)17-21(13,14)8(6-4-2)22(15,16)18-20(7,11)12/h3-6H2,1-2H3,(H,9,10)(H,11,12)(H,13,14)(H,15,16). The Kier molecular flexibility index (Phi) is 6.42. The van der Waals surface area contributed by atoms with E-state index < -0.39 is 44.1 Å². The van der Waals surface area contributed by atoms with Crippen LogP contribution in [0.1, 0.15) is 26.7 Å². The van der Waals surface area contributed by atoms with Gasteiger partial charge in [-0.2, -0.15) is 0 Å². The summed E-state index contributed by atoms with van der Waals surface area (Å²) in [5, 5.41) is 0. The van der Waals surface area contributed by atoms with Crippen molar-refractivity contribution in [3.05, 3.63) is 0 Å². The van der Waals surface area contributed by atoms with Crippen molar-refractivity contribution in [1.29, 1.82) is 0 Å². The largest absolute Gasteiger partial charge is 0.423 e. The van der Waals surface area contributed by atoms with E-state index in [9.17, 15) is 37.8 Å². The van der Waals surface area contributed by atoms with E-state index >= 15 is 0 Å². The Labute approximate surface area is 127 Å². The maximum Gasteiger partial charge on any atom is 0.423 e. The zero-order chi connectivity index (χ0) is 17.4. The lowest BCUT2D eigenvalue weighted by atomic mass is 10.5. The maximum atomic E-state index is 12.0. The molecule has 4 atom stereocenters. The van der Waals surface area contributed by atoms with E-state index in [2.05, 4.69) is 8.62 Å². The fourth-order valence-electron chi connectivity index (χ4n) is 1.64. The number of hydrogen-bond donors (Lipinski definition) is 4. The minimum atomic E-state index is -5.24. The van der Waals surface area contributed by atoms with Crippen LogP contribution in [0.4, 0.5) is 0 Å². The van der Waals surface area contributed by atoms with Crippen molar-refractivity contribution in [3.8, 4) is 0 Å². The summed E-state index contributed by atoms with van der Waals surface area (Å²) < 4.78 is 56.3. The monoisotopic (exact) mass is 402 g/mol. The Morgan fingerprint density at radius 1 is 0.682 bits per heavy atom. The highest BCUT2D eigenvalue weighted by Crippen LogP contribution is 2.80. The second-order valence-electron chi connectivity index (χ2n) is 4.32. The lowest BCUT2D eigenvalue weighted by molar-refractivity contribution is 0.214. The van der Waals surface area contributed by atoms with Gasteiger partial charge in [0.25, 0.3) is 0 Å². The molecule has 132 valence electrons. The van der Waals surface area contributed by atoms with Crippen LogP contribution in [0.25, 0.3) is 0 Å². The summed E-state index contributed by atoms with van der Waals surface area (Å²) in [6.07, 6.45) is 0.123. The van der Waals surface area contributed by atoms with Gasteiger partial charge < -0.3 is 19.6 Å².